The number of nitrogens with zero attached hydrogens (tertiary/aromatic N) is 2. The number of alkyl halides is 2. The van der Waals surface area contributed by atoms with Crippen LogP contribution in [0.15, 0.2) is 52.5 Å². The summed E-state index contributed by atoms with van der Waals surface area (Å²) < 4.78 is 55.6. The Labute approximate surface area is 160 Å². The fourth-order valence-corrected chi connectivity index (χ4v) is 4.75. The van der Waals surface area contributed by atoms with Crippen molar-refractivity contribution in [1.82, 2.24) is 15.3 Å². The molecule has 0 amide bonds. The predicted octanol–water partition coefficient (Wildman–Crippen LogP) is 2.41. The first kappa shape index (κ1) is 18.6. The lowest BCUT2D eigenvalue weighted by atomic mass is 10.3. The smallest absolute Gasteiger partial charge is 0.387 e. The van der Waals surface area contributed by atoms with Gasteiger partial charge in [-0.05, 0) is 24.3 Å². The van der Waals surface area contributed by atoms with Crippen molar-refractivity contribution in [3.05, 3.63) is 42.7 Å². The lowest BCUT2D eigenvalue weighted by molar-refractivity contribution is -0.0499. The van der Waals surface area contributed by atoms with Gasteiger partial charge in [0.2, 0.25) is 9.84 Å². The van der Waals surface area contributed by atoms with Gasteiger partial charge in [-0.3, -0.25) is 4.98 Å². The summed E-state index contributed by atoms with van der Waals surface area (Å²) in [5, 5.41) is 3.27. The minimum absolute atomic E-state index is 0.0353. The number of sulfone groups is 1. The van der Waals surface area contributed by atoms with Gasteiger partial charge in [-0.25, -0.2) is 8.42 Å². The molecule has 0 atom stereocenters. The molecule has 0 saturated carbocycles. The van der Waals surface area contributed by atoms with E-state index in [4.69, 9.17) is 0 Å². The number of benzene rings is 1. The van der Waals surface area contributed by atoms with E-state index in [0.717, 1.165) is 37.9 Å². The Morgan fingerprint density at radius 1 is 1.18 bits per heavy atom. The zero-order chi connectivity index (χ0) is 19.7. The summed E-state index contributed by atoms with van der Waals surface area (Å²) in [7, 11) is -3.97. The Morgan fingerprint density at radius 2 is 1.96 bits per heavy atom. The summed E-state index contributed by atoms with van der Waals surface area (Å²) in [5.41, 5.74) is 1.78. The van der Waals surface area contributed by atoms with E-state index in [1.54, 1.807) is 6.20 Å². The molecule has 1 aliphatic heterocycles. The molecule has 0 radical (unpaired) electrons. The number of H-pyrrole nitrogens is 1. The lowest BCUT2D eigenvalue weighted by Gasteiger charge is -2.28. The van der Waals surface area contributed by atoms with Crippen molar-refractivity contribution < 1.29 is 21.9 Å². The molecule has 3 heterocycles. The highest BCUT2D eigenvalue weighted by molar-refractivity contribution is 7.91. The molecular weight excluding hydrogens is 390 g/mol. The summed E-state index contributed by atoms with van der Waals surface area (Å²) in [6.07, 6.45) is 3.19. The van der Waals surface area contributed by atoms with Gasteiger partial charge in [0.15, 0.2) is 0 Å². The SMILES string of the molecule is O=S(=O)(c1cccc(OC(F)F)c1)c1ccnc2c(N3CCNCC3)c[nH]c12. The third kappa shape index (κ3) is 3.40. The number of piperazine rings is 1. The average molecular weight is 408 g/mol. The zero-order valence-corrected chi connectivity index (χ0v) is 15.5. The maximum absolute atomic E-state index is 13.2. The normalized spacial score (nSPS) is 15.3. The van der Waals surface area contributed by atoms with Crippen LogP contribution < -0.4 is 15.0 Å². The van der Waals surface area contributed by atoms with Crippen LogP contribution in [0.4, 0.5) is 14.5 Å². The number of ether oxygens (including phenoxy) is 1. The van der Waals surface area contributed by atoms with Crippen molar-refractivity contribution in [3.63, 3.8) is 0 Å². The summed E-state index contributed by atoms with van der Waals surface area (Å²) in [5.74, 6) is -0.214. The molecule has 4 rings (SSSR count). The number of pyridine rings is 1. The number of halogens is 2. The van der Waals surface area contributed by atoms with Crippen molar-refractivity contribution in [2.45, 2.75) is 16.4 Å². The van der Waals surface area contributed by atoms with E-state index in [2.05, 4.69) is 24.9 Å². The Balaban J connectivity index is 1.77. The number of rotatable bonds is 5. The molecule has 3 aromatic rings. The fourth-order valence-electron chi connectivity index (χ4n) is 3.30. The van der Waals surface area contributed by atoms with Crippen molar-refractivity contribution in [2.75, 3.05) is 31.1 Å². The van der Waals surface area contributed by atoms with Crippen LogP contribution in [-0.2, 0) is 9.84 Å². The molecule has 1 aromatic carbocycles. The lowest BCUT2D eigenvalue weighted by Crippen LogP contribution is -2.43. The number of aromatic nitrogens is 2. The van der Waals surface area contributed by atoms with Crippen LogP contribution in [0.3, 0.4) is 0 Å². The monoisotopic (exact) mass is 408 g/mol. The van der Waals surface area contributed by atoms with Gasteiger partial charge < -0.3 is 19.9 Å². The molecule has 0 spiro atoms. The van der Waals surface area contributed by atoms with Crippen LogP contribution in [0.25, 0.3) is 11.0 Å². The van der Waals surface area contributed by atoms with E-state index in [1.807, 2.05) is 0 Å². The van der Waals surface area contributed by atoms with E-state index in [0.29, 0.717) is 11.0 Å². The van der Waals surface area contributed by atoms with Gasteiger partial charge in [0.1, 0.15) is 11.3 Å². The number of anilines is 1. The van der Waals surface area contributed by atoms with Crippen molar-refractivity contribution >= 4 is 26.6 Å². The maximum Gasteiger partial charge on any atom is 0.387 e. The molecule has 1 aliphatic rings. The molecule has 10 heteroatoms. The van der Waals surface area contributed by atoms with Gasteiger partial charge in [-0.15, -0.1) is 0 Å². The molecule has 2 N–H and O–H groups in total. The van der Waals surface area contributed by atoms with E-state index in [9.17, 15) is 17.2 Å². The summed E-state index contributed by atoms with van der Waals surface area (Å²) in [6, 6.07) is 6.48. The van der Waals surface area contributed by atoms with Crippen molar-refractivity contribution in [3.8, 4) is 5.75 Å². The van der Waals surface area contributed by atoms with Crippen LogP contribution in [0.5, 0.6) is 5.75 Å². The molecule has 148 valence electrons. The van der Waals surface area contributed by atoms with Crippen LogP contribution in [0.1, 0.15) is 0 Å². The van der Waals surface area contributed by atoms with Crippen molar-refractivity contribution in [1.29, 1.82) is 0 Å². The third-order valence-electron chi connectivity index (χ3n) is 4.60. The Morgan fingerprint density at radius 3 is 2.71 bits per heavy atom. The van der Waals surface area contributed by atoms with Gasteiger partial charge in [0.25, 0.3) is 0 Å². The van der Waals surface area contributed by atoms with E-state index >= 15 is 0 Å². The fraction of sp³-hybridized carbons (Fsp3) is 0.278. The van der Waals surface area contributed by atoms with E-state index < -0.39 is 16.4 Å². The molecular formula is C18H18F2N4O3S. The second-order valence-electron chi connectivity index (χ2n) is 6.30. The van der Waals surface area contributed by atoms with Gasteiger partial charge in [-0.1, -0.05) is 6.07 Å². The first-order valence-corrected chi connectivity index (χ1v) is 10.2. The molecule has 1 saturated heterocycles. The van der Waals surface area contributed by atoms with Gasteiger partial charge in [0, 0.05) is 38.6 Å². The summed E-state index contributed by atoms with van der Waals surface area (Å²) in [6.45, 7) is 0.219. The minimum atomic E-state index is -3.97. The number of hydrogen-bond donors (Lipinski definition) is 2. The maximum atomic E-state index is 13.2. The molecule has 2 aromatic heterocycles. The molecule has 0 aliphatic carbocycles. The first-order chi connectivity index (χ1) is 13.5. The molecule has 0 unspecified atom stereocenters. The van der Waals surface area contributed by atoms with Gasteiger partial charge >= 0.3 is 6.61 Å². The topological polar surface area (TPSA) is 87.3 Å². The standard InChI is InChI=1S/C18H18F2N4O3S/c19-18(20)27-12-2-1-3-13(10-12)28(25,26)15-4-5-22-16-14(11-23-17(15)16)24-8-6-21-7-9-24/h1-5,10-11,18,21,23H,6-9H2. The second-order valence-corrected chi connectivity index (χ2v) is 8.22. The third-order valence-corrected chi connectivity index (χ3v) is 6.39. The number of hydrogen-bond acceptors (Lipinski definition) is 6. The van der Waals surface area contributed by atoms with Crippen LogP contribution >= 0.6 is 0 Å². The first-order valence-electron chi connectivity index (χ1n) is 8.68. The van der Waals surface area contributed by atoms with Crippen LogP contribution in [-0.4, -0.2) is 51.2 Å². The van der Waals surface area contributed by atoms with Crippen LogP contribution in [0.2, 0.25) is 0 Å². The summed E-state index contributed by atoms with van der Waals surface area (Å²) >= 11 is 0. The average Bonchev–Trinajstić information content (AvgIpc) is 3.12. The highest BCUT2D eigenvalue weighted by atomic mass is 32.2. The molecule has 28 heavy (non-hydrogen) atoms. The number of nitrogens with one attached hydrogen (secondary N) is 2. The van der Waals surface area contributed by atoms with E-state index in [1.165, 1.54) is 30.5 Å². The highest BCUT2D eigenvalue weighted by Gasteiger charge is 2.25. The van der Waals surface area contributed by atoms with Gasteiger partial charge in [0.05, 0.1) is 21.0 Å². The predicted molar refractivity (Wildman–Crippen MR) is 99.7 cm³/mol. The summed E-state index contributed by atoms with van der Waals surface area (Å²) in [4.78, 5) is 9.42. The largest absolute Gasteiger partial charge is 0.435 e. The molecule has 7 nitrogen and oxygen atoms in total. The number of fused-ring (bicyclic) bond motifs is 1. The van der Waals surface area contributed by atoms with Crippen LogP contribution in [0, 0.1) is 0 Å². The highest BCUT2D eigenvalue weighted by Crippen LogP contribution is 2.33. The Bertz CT molecular complexity index is 1100. The minimum Gasteiger partial charge on any atom is -0.435 e. The Kier molecular flexibility index (Phi) is 4.90. The van der Waals surface area contributed by atoms with E-state index in [-0.39, 0.29) is 15.5 Å². The second kappa shape index (κ2) is 7.36. The quantitative estimate of drug-likeness (QED) is 0.674. The van der Waals surface area contributed by atoms with Crippen molar-refractivity contribution in [2.24, 2.45) is 0 Å². The molecule has 0 bridgehead atoms. The Hall–Kier alpha value is -2.72. The van der Waals surface area contributed by atoms with Gasteiger partial charge in [-0.2, -0.15) is 8.78 Å². The number of aromatic amines is 1. The zero-order valence-electron chi connectivity index (χ0n) is 14.7. The molecule has 1 fully saturated rings.